The van der Waals surface area contributed by atoms with Gasteiger partial charge in [0.05, 0.1) is 17.2 Å². The van der Waals surface area contributed by atoms with E-state index < -0.39 is 11.8 Å². The molecule has 0 spiro atoms. The third kappa shape index (κ3) is 3.19. The van der Waals surface area contributed by atoms with Crippen LogP contribution in [0.1, 0.15) is 37.9 Å². The van der Waals surface area contributed by atoms with Gasteiger partial charge >= 0.3 is 0 Å². The molecule has 2 heterocycles. The molecule has 144 valence electrons. The number of halogens is 1. The summed E-state index contributed by atoms with van der Waals surface area (Å²) in [5.41, 5.74) is 2.46. The second-order valence-corrected chi connectivity index (χ2v) is 7.48. The van der Waals surface area contributed by atoms with Crippen molar-refractivity contribution in [2.24, 2.45) is 0 Å². The first-order valence-electron chi connectivity index (χ1n) is 9.19. The highest BCUT2D eigenvalue weighted by Gasteiger charge is 2.39. The summed E-state index contributed by atoms with van der Waals surface area (Å²) >= 11 is 6.34. The normalized spacial score (nSPS) is 19.1. The summed E-state index contributed by atoms with van der Waals surface area (Å²) in [7, 11) is 0. The van der Waals surface area contributed by atoms with Crippen LogP contribution >= 0.6 is 11.6 Å². The van der Waals surface area contributed by atoms with Gasteiger partial charge in [0.15, 0.2) is 0 Å². The minimum atomic E-state index is -0.419. The van der Waals surface area contributed by atoms with Gasteiger partial charge in [0.25, 0.3) is 11.8 Å². The molecule has 4 rings (SSSR count). The molecule has 1 unspecified atom stereocenters. The number of nitrogens with one attached hydrogen (secondary N) is 1. The van der Waals surface area contributed by atoms with Crippen LogP contribution in [0.3, 0.4) is 0 Å². The molecular weight excluding hydrogens is 378 g/mol. The quantitative estimate of drug-likeness (QED) is 0.807. The van der Waals surface area contributed by atoms with Crippen LogP contribution in [0.2, 0.25) is 5.02 Å². The van der Waals surface area contributed by atoms with Crippen molar-refractivity contribution in [3.05, 3.63) is 69.7 Å². The maximum atomic E-state index is 13.1. The lowest BCUT2D eigenvalue weighted by Gasteiger charge is -2.37. The van der Waals surface area contributed by atoms with Crippen LogP contribution in [0.4, 0.5) is 0 Å². The molecule has 1 saturated heterocycles. The first kappa shape index (κ1) is 18.7. The Bertz CT molecular complexity index is 975. The highest BCUT2D eigenvalue weighted by Crippen LogP contribution is 2.29. The van der Waals surface area contributed by atoms with Crippen molar-refractivity contribution in [1.82, 2.24) is 15.1 Å². The average molecular weight is 398 g/mol. The van der Waals surface area contributed by atoms with Crippen LogP contribution in [0, 0.1) is 6.92 Å². The molecule has 0 radical (unpaired) electrons. The summed E-state index contributed by atoms with van der Waals surface area (Å²) < 4.78 is 0. The minimum absolute atomic E-state index is 0.243. The summed E-state index contributed by atoms with van der Waals surface area (Å²) in [6.07, 6.45) is 0. The number of nitrogens with zero attached hydrogens (tertiary/aromatic N) is 2. The molecule has 0 saturated carbocycles. The molecule has 1 fully saturated rings. The van der Waals surface area contributed by atoms with Gasteiger partial charge in [-0.1, -0.05) is 41.4 Å². The molecule has 28 heavy (non-hydrogen) atoms. The number of rotatable bonds is 3. The lowest BCUT2D eigenvalue weighted by atomic mass is 10.0. The molecule has 2 aliphatic heterocycles. The first-order valence-corrected chi connectivity index (χ1v) is 9.56. The van der Waals surface area contributed by atoms with E-state index in [-0.39, 0.29) is 18.5 Å². The van der Waals surface area contributed by atoms with Crippen molar-refractivity contribution in [3.63, 3.8) is 0 Å². The fraction of sp³-hybridized carbons (Fsp3) is 0.286. The number of amides is 3. The first-order chi connectivity index (χ1) is 13.5. The Hall–Kier alpha value is -2.70. The van der Waals surface area contributed by atoms with Gasteiger partial charge in [-0.15, -0.1) is 0 Å². The van der Waals surface area contributed by atoms with E-state index in [1.807, 2.05) is 25.1 Å². The maximum Gasteiger partial charge on any atom is 0.262 e. The van der Waals surface area contributed by atoms with Crippen molar-refractivity contribution < 1.29 is 14.4 Å². The van der Waals surface area contributed by atoms with Gasteiger partial charge in [-0.3, -0.25) is 19.3 Å². The standard InChI is InChI=1S/C21H20ClN3O3/c1-13-6-7-14-16(10-13)21(28)25(20(14)27)12-19(26)24-9-8-23-11-18(24)15-4-2-3-5-17(15)22/h2-7,10,18,23H,8-9,11-12H2,1H3. The summed E-state index contributed by atoms with van der Waals surface area (Å²) in [6, 6.07) is 12.3. The second-order valence-electron chi connectivity index (χ2n) is 7.07. The Morgan fingerprint density at radius 2 is 1.89 bits per heavy atom. The number of piperazine rings is 1. The van der Waals surface area contributed by atoms with Crippen LogP contribution < -0.4 is 5.32 Å². The summed E-state index contributed by atoms with van der Waals surface area (Å²) in [6.45, 7) is 3.29. The van der Waals surface area contributed by atoms with E-state index in [2.05, 4.69) is 5.32 Å². The van der Waals surface area contributed by atoms with E-state index in [4.69, 9.17) is 11.6 Å². The van der Waals surface area contributed by atoms with Crippen molar-refractivity contribution >= 4 is 29.3 Å². The number of carbonyl (C=O) groups excluding carboxylic acids is 3. The van der Waals surface area contributed by atoms with Crippen molar-refractivity contribution in [2.45, 2.75) is 13.0 Å². The Labute approximate surface area is 168 Å². The largest absolute Gasteiger partial charge is 0.331 e. The highest BCUT2D eigenvalue weighted by atomic mass is 35.5. The number of benzene rings is 2. The Kier molecular flexibility index (Phi) is 4.91. The lowest BCUT2D eigenvalue weighted by Crippen LogP contribution is -2.52. The molecule has 3 amide bonds. The second kappa shape index (κ2) is 7.37. The van der Waals surface area contributed by atoms with Crippen LogP contribution in [-0.2, 0) is 4.79 Å². The minimum Gasteiger partial charge on any atom is -0.331 e. The summed E-state index contributed by atoms with van der Waals surface area (Å²) in [4.78, 5) is 41.1. The van der Waals surface area contributed by atoms with Crippen LogP contribution in [0.5, 0.6) is 0 Å². The molecule has 2 aromatic carbocycles. The van der Waals surface area contributed by atoms with E-state index >= 15 is 0 Å². The van der Waals surface area contributed by atoms with Crippen LogP contribution in [0.15, 0.2) is 42.5 Å². The van der Waals surface area contributed by atoms with E-state index in [9.17, 15) is 14.4 Å². The molecule has 2 aliphatic rings. The summed E-state index contributed by atoms with van der Waals surface area (Å²) in [5.74, 6) is -1.10. The molecule has 0 aromatic heterocycles. The summed E-state index contributed by atoms with van der Waals surface area (Å²) in [5, 5.41) is 3.87. The SMILES string of the molecule is Cc1ccc2c(c1)C(=O)N(CC(=O)N1CCNCC1c1ccccc1Cl)C2=O. The van der Waals surface area contributed by atoms with E-state index in [0.29, 0.717) is 35.8 Å². The van der Waals surface area contributed by atoms with Crippen LogP contribution in [0.25, 0.3) is 0 Å². The third-order valence-electron chi connectivity index (χ3n) is 5.25. The Balaban J connectivity index is 1.57. The lowest BCUT2D eigenvalue weighted by molar-refractivity contribution is -0.134. The van der Waals surface area contributed by atoms with Crippen LogP contribution in [-0.4, -0.2) is 53.7 Å². The zero-order valence-electron chi connectivity index (χ0n) is 15.4. The maximum absolute atomic E-state index is 13.1. The number of carbonyl (C=O) groups is 3. The zero-order valence-corrected chi connectivity index (χ0v) is 16.2. The van der Waals surface area contributed by atoms with Gasteiger partial charge in [0, 0.05) is 24.7 Å². The van der Waals surface area contributed by atoms with Gasteiger partial charge in [-0.2, -0.15) is 0 Å². The predicted molar refractivity (Wildman–Crippen MR) is 105 cm³/mol. The van der Waals surface area contributed by atoms with Crippen molar-refractivity contribution in [3.8, 4) is 0 Å². The molecule has 1 atom stereocenters. The van der Waals surface area contributed by atoms with Gasteiger partial charge in [0.2, 0.25) is 5.91 Å². The fourth-order valence-electron chi connectivity index (χ4n) is 3.80. The number of fused-ring (bicyclic) bond motifs is 1. The number of hydrogen-bond acceptors (Lipinski definition) is 4. The third-order valence-corrected chi connectivity index (χ3v) is 5.59. The van der Waals surface area contributed by atoms with Crippen molar-refractivity contribution in [1.29, 1.82) is 0 Å². The molecule has 0 bridgehead atoms. The average Bonchev–Trinajstić information content (AvgIpc) is 2.92. The molecule has 0 aliphatic carbocycles. The highest BCUT2D eigenvalue weighted by molar-refractivity contribution is 6.31. The smallest absolute Gasteiger partial charge is 0.262 e. The van der Waals surface area contributed by atoms with Gasteiger partial charge in [-0.25, -0.2) is 0 Å². The predicted octanol–water partition coefficient (Wildman–Crippen LogP) is 2.42. The molecular formula is C21H20ClN3O3. The van der Waals surface area contributed by atoms with Gasteiger partial charge in [0.1, 0.15) is 6.54 Å². The topological polar surface area (TPSA) is 69.7 Å². The monoisotopic (exact) mass is 397 g/mol. The van der Waals surface area contributed by atoms with E-state index in [0.717, 1.165) is 16.0 Å². The molecule has 1 N–H and O–H groups in total. The molecule has 2 aromatic rings. The molecule has 7 heteroatoms. The van der Waals surface area contributed by atoms with Crippen molar-refractivity contribution in [2.75, 3.05) is 26.2 Å². The number of hydrogen-bond donors (Lipinski definition) is 1. The van der Waals surface area contributed by atoms with E-state index in [1.54, 1.807) is 29.2 Å². The van der Waals surface area contributed by atoms with E-state index in [1.165, 1.54) is 0 Å². The number of aryl methyl sites for hydroxylation is 1. The molecule has 6 nitrogen and oxygen atoms in total. The zero-order chi connectivity index (χ0) is 19.8. The Morgan fingerprint density at radius 1 is 1.14 bits per heavy atom. The fourth-order valence-corrected chi connectivity index (χ4v) is 4.06. The number of imide groups is 1. The Morgan fingerprint density at radius 3 is 2.68 bits per heavy atom. The van der Waals surface area contributed by atoms with Gasteiger partial charge < -0.3 is 10.2 Å². The van der Waals surface area contributed by atoms with Gasteiger partial charge in [-0.05, 0) is 30.7 Å².